The van der Waals surface area contributed by atoms with Gasteiger partial charge >= 0.3 is 10.4 Å². The smallest absolute Gasteiger partial charge is 0.394 e. The molecule has 0 bridgehead atoms. The molecule has 1 aromatic rings. The number of likely N-dealkylation sites (N-methyl/N-ethyl adjacent to an activating group) is 1. The van der Waals surface area contributed by atoms with Crippen LogP contribution in [0.1, 0.15) is 17.5 Å². The largest absolute Gasteiger partial charge is 0.508 e. The van der Waals surface area contributed by atoms with Crippen molar-refractivity contribution in [2.24, 2.45) is 17.6 Å². The number of aromatic hydroxyl groups is 1. The van der Waals surface area contributed by atoms with Gasteiger partial charge in [0.2, 0.25) is 5.78 Å². The number of carbonyl (C=O) groups is 3. The van der Waals surface area contributed by atoms with Gasteiger partial charge in [0.25, 0.3) is 11.6 Å². The summed E-state index contributed by atoms with van der Waals surface area (Å²) >= 11 is 0. The summed E-state index contributed by atoms with van der Waals surface area (Å²) in [4.78, 5) is 50.6. The van der Waals surface area contributed by atoms with Crippen LogP contribution in [-0.2, 0) is 31.2 Å². The summed E-state index contributed by atoms with van der Waals surface area (Å²) in [6.45, 7) is 0. The van der Waals surface area contributed by atoms with Crippen molar-refractivity contribution in [3.8, 4) is 5.75 Å². The minimum absolute atomic E-state index is 0.00520. The molecule has 1 saturated carbocycles. The number of carbonyl (C=O) groups excluding carboxylic acids is 3. The zero-order valence-corrected chi connectivity index (χ0v) is 20.5. The molecule has 1 aromatic carbocycles. The van der Waals surface area contributed by atoms with Gasteiger partial charge in [-0.3, -0.25) is 38.5 Å². The first-order valence-electron chi connectivity index (χ1n) is 10.7. The van der Waals surface area contributed by atoms with Gasteiger partial charge in [-0.2, -0.15) is 8.42 Å². The van der Waals surface area contributed by atoms with E-state index in [-0.39, 0.29) is 35.2 Å². The third-order valence-corrected chi connectivity index (χ3v) is 6.78. The molecule has 4 rings (SSSR count). The zero-order chi connectivity index (χ0) is 29.1. The van der Waals surface area contributed by atoms with Crippen molar-refractivity contribution in [3.63, 3.8) is 0 Å². The number of ketones is 2. The molecule has 0 aromatic heterocycles. The Labute approximate surface area is 214 Å². The summed E-state index contributed by atoms with van der Waals surface area (Å²) in [5.74, 6) is -7.96. The number of hydrogen-bond acceptors (Lipinski definition) is 12. The molecule has 0 spiro atoms. The Morgan fingerprint density at radius 2 is 1.74 bits per heavy atom. The summed E-state index contributed by atoms with van der Waals surface area (Å²) in [6.07, 6.45) is -0.280. The molecule has 3 aliphatic carbocycles. The van der Waals surface area contributed by atoms with Crippen molar-refractivity contribution in [2.45, 2.75) is 24.5 Å². The summed E-state index contributed by atoms with van der Waals surface area (Å²) < 4.78 is 31.6. The Morgan fingerprint density at radius 3 is 2.21 bits per heavy atom. The number of Topliss-reactive ketones (excluding diaryl/α,β-unsaturated/α-hetero) is 2. The molecular weight excluding hydrogens is 534 g/mol. The van der Waals surface area contributed by atoms with E-state index in [2.05, 4.69) is 0 Å². The summed E-state index contributed by atoms with van der Waals surface area (Å²) in [5.41, 5.74) is 0.543. The van der Waals surface area contributed by atoms with E-state index in [0.29, 0.717) is 0 Å². The second kappa shape index (κ2) is 9.44. The second-order valence-electron chi connectivity index (χ2n) is 9.12. The first-order valence-corrected chi connectivity index (χ1v) is 12.1. The van der Waals surface area contributed by atoms with Crippen molar-refractivity contribution < 1.29 is 57.3 Å². The van der Waals surface area contributed by atoms with Gasteiger partial charge in [0, 0.05) is 23.1 Å². The Bertz CT molecular complexity index is 1440. The third-order valence-electron chi connectivity index (χ3n) is 6.78. The van der Waals surface area contributed by atoms with Gasteiger partial charge in [-0.05, 0) is 38.9 Å². The van der Waals surface area contributed by atoms with E-state index in [9.17, 15) is 44.9 Å². The topological polar surface area (TPSA) is 279 Å². The summed E-state index contributed by atoms with van der Waals surface area (Å²) in [7, 11) is -1.70. The Hall–Kier alpha value is -3.90. The van der Waals surface area contributed by atoms with Gasteiger partial charge < -0.3 is 26.2 Å². The number of primary amides is 1. The molecule has 8 N–H and O–H groups in total. The van der Waals surface area contributed by atoms with E-state index in [4.69, 9.17) is 23.3 Å². The van der Waals surface area contributed by atoms with Gasteiger partial charge in [-0.1, -0.05) is 0 Å². The number of nitro benzene ring substituents is 1. The molecule has 0 radical (unpaired) electrons. The zero-order valence-electron chi connectivity index (χ0n) is 19.7. The lowest BCUT2D eigenvalue weighted by molar-refractivity contribution is -0.385. The average Bonchev–Trinajstić information content (AvgIpc) is 2.74. The van der Waals surface area contributed by atoms with Gasteiger partial charge in [0.05, 0.1) is 16.5 Å². The molecule has 17 heteroatoms. The summed E-state index contributed by atoms with van der Waals surface area (Å²) in [6, 6.07) is 0.859. The lowest BCUT2D eigenvalue weighted by Gasteiger charge is -2.50. The molecule has 0 saturated heterocycles. The highest BCUT2D eigenvalue weighted by Crippen LogP contribution is 2.53. The van der Waals surface area contributed by atoms with Gasteiger partial charge in [-0.25, -0.2) is 0 Å². The fraction of sp³-hybridized carbons (Fsp3) is 0.381. The number of nitro groups is 1. The van der Waals surface area contributed by atoms with Crippen LogP contribution >= 0.6 is 0 Å². The molecule has 16 nitrogen and oxygen atoms in total. The Balaban J connectivity index is 0.000000732. The highest BCUT2D eigenvalue weighted by molar-refractivity contribution is 7.79. The van der Waals surface area contributed by atoms with Crippen LogP contribution in [0.2, 0.25) is 0 Å². The van der Waals surface area contributed by atoms with Gasteiger partial charge in [0.15, 0.2) is 11.4 Å². The maximum Gasteiger partial charge on any atom is 0.394 e. The maximum atomic E-state index is 13.6. The lowest BCUT2D eigenvalue weighted by atomic mass is 9.57. The van der Waals surface area contributed by atoms with Crippen molar-refractivity contribution in [3.05, 3.63) is 50.3 Å². The third kappa shape index (κ3) is 4.50. The predicted molar refractivity (Wildman–Crippen MR) is 125 cm³/mol. The van der Waals surface area contributed by atoms with E-state index in [0.717, 1.165) is 12.1 Å². The fourth-order valence-electron chi connectivity index (χ4n) is 5.40. The average molecular weight is 557 g/mol. The number of aliphatic hydroxyl groups excluding tert-OH is 2. The van der Waals surface area contributed by atoms with Crippen molar-refractivity contribution >= 4 is 39.3 Å². The monoisotopic (exact) mass is 557 g/mol. The van der Waals surface area contributed by atoms with Gasteiger partial charge in [0.1, 0.15) is 22.8 Å². The highest BCUT2D eigenvalue weighted by atomic mass is 32.3. The molecule has 4 atom stereocenters. The number of hydrogen-bond donors (Lipinski definition) is 7. The van der Waals surface area contributed by atoms with E-state index < -0.39 is 79.1 Å². The molecule has 1 amide bonds. The number of nitrogens with zero attached hydrogens (tertiary/aromatic N) is 2. The first kappa shape index (κ1) is 28.7. The molecule has 3 aliphatic rings. The van der Waals surface area contributed by atoms with Gasteiger partial charge in [-0.15, -0.1) is 0 Å². The van der Waals surface area contributed by atoms with Crippen LogP contribution < -0.4 is 5.73 Å². The van der Waals surface area contributed by atoms with Crippen LogP contribution in [0.3, 0.4) is 0 Å². The van der Waals surface area contributed by atoms with E-state index in [1.165, 1.54) is 19.0 Å². The fourth-order valence-corrected chi connectivity index (χ4v) is 5.40. The minimum atomic E-state index is -4.67. The minimum Gasteiger partial charge on any atom is -0.508 e. The van der Waals surface area contributed by atoms with Crippen LogP contribution in [0.15, 0.2) is 29.0 Å². The molecule has 0 aliphatic heterocycles. The second-order valence-corrected chi connectivity index (χ2v) is 10.0. The molecule has 1 fully saturated rings. The molecule has 0 unspecified atom stereocenters. The quantitative estimate of drug-likeness (QED) is 0.104. The molecule has 206 valence electrons. The van der Waals surface area contributed by atoms with E-state index in [1.807, 2.05) is 0 Å². The van der Waals surface area contributed by atoms with Crippen molar-refractivity contribution in [1.29, 1.82) is 0 Å². The maximum absolute atomic E-state index is 13.6. The first-order chi connectivity index (χ1) is 17.3. The highest BCUT2D eigenvalue weighted by Gasteiger charge is 2.64. The van der Waals surface area contributed by atoms with E-state index >= 15 is 0 Å². The molecule has 0 heterocycles. The normalized spacial score (nSPS) is 26.7. The number of phenolic OH excluding ortho intramolecular Hbond substituents is 1. The number of fused-ring (bicyclic) bond motifs is 3. The van der Waals surface area contributed by atoms with Crippen molar-refractivity contribution in [1.82, 2.24) is 4.90 Å². The lowest BCUT2D eigenvalue weighted by Crippen LogP contribution is -2.65. The van der Waals surface area contributed by atoms with Crippen LogP contribution in [0.25, 0.3) is 5.76 Å². The van der Waals surface area contributed by atoms with Crippen LogP contribution in [0.4, 0.5) is 5.69 Å². The predicted octanol–water partition coefficient (Wildman–Crippen LogP) is -0.781. The molecule has 38 heavy (non-hydrogen) atoms. The van der Waals surface area contributed by atoms with E-state index in [1.54, 1.807) is 0 Å². The summed E-state index contributed by atoms with van der Waals surface area (Å²) in [5, 5.41) is 54.8. The van der Waals surface area contributed by atoms with Crippen molar-refractivity contribution in [2.75, 3.05) is 14.1 Å². The standard InChI is InChI=1S/C21H21N3O9.H2O4S/c1-23(2)15-9-6-7-5-8-10(24(32)33)3-4-11(25)13(8)16(26)12(7)18(28)21(9,31)19(29)14(17(15)27)20(22)30;1-5(2,3)4/h3-4,7,9,15,25-26,29,31H,5-6H2,1-2H3,(H2,22,30);(H2,1,2,3,4)/t7-,9-,15-,21-;/m1./s1. The number of phenols is 1. The number of nitrogens with two attached hydrogens (primary N) is 1. The number of aliphatic hydroxyl groups is 3. The SMILES string of the molecule is CN(C)[C@H]1C(=O)C(C(N)=O)=C(O)[C@]2(O)C(=O)C3=C(O)c4c(O)ccc([N+](=O)[O-])c4C[C@@H]3C[C@H]12.O=S(=O)(O)O. The number of rotatable bonds is 3. The van der Waals surface area contributed by atoms with Crippen LogP contribution in [0.5, 0.6) is 5.75 Å². The van der Waals surface area contributed by atoms with Crippen LogP contribution in [-0.4, -0.2) is 91.0 Å². The van der Waals surface area contributed by atoms with Crippen LogP contribution in [0, 0.1) is 22.0 Å². The molecular formula is C21H23N3O13S. The number of benzene rings is 1. The Kier molecular flexibility index (Phi) is 7.12. The number of amides is 1. The Morgan fingerprint density at radius 1 is 1.18 bits per heavy atom.